The standard InChI is InChI=1S/C20H28N2O3/c1-24-14-20(23)21-18-13-22(12-17(18)15-9-10-15)11-5-7-16-6-3-4-8-19(16)25-2/h3-8,15,17-18H,9-14H2,1-2H3,(H,21,23)/b7-5+/t17-,18+/m0/s1. The number of rotatable bonds is 8. The second-order valence-corrected chi connectivity index (χ2v) is 6.97. The fraction of sp³-hybridized carbons (Fsp3) is 0.550. The van der Waals surface area contributed by atoms with E-state index in [0.717, 1.165) is 36.9 Å². The predicted octanol–water partition coefficient (Wildman–Crippen LogP) is 2.18. The summed E-state index contributed by atoms with van der Waals surface area (Å²) in [5.41, 5.74) is 1.09. The zero-order valence-corrected chi connectivity index (χ0v) is 15.1. The number of likely N-dealkylation sites (tertiary alicyclic amines) is 1. The summed E-state index contributed by atoms with van der Waals surface area (Å²) < 4.78 is 10.3. The summed E-state index contributed by atoms with van der Waals surface area (Å²) in [5.74, 6) is 2.22. The van der Waals surface area contributed by atoms with Gasteiger partial charge in [-0.05, 0) is 30.7 Å². The van der Waals surface area contributed by atoms with Gasteiger partial charge in [0.05, 0.1) is 7.11 Å². The van der Waals surface area contributed by atoms with E-state index in [2.05, 4.69) is 28.4 Å². The lowest BCUT2D eigenvalue weighted by molar-refractivity contribution is -0.125. The van der Waals surface area contributed by atoms with Gasteiger partial charge in [0.2, 0.25) is 5.91 Å². The van der Waals surface area contributed by atoms with Gasteiger partial charge in [0.15, 0.2) is 0 Å². The Labute approximate surface area is 150 Å². The lowest BCUT2D eigenvalue weighted by Crippen LogP contribution is -2.42. The van der Waals surface area contributed by atoms with Gasteiger partial charge in [-0.2, -0.15) is 0 Å². The normalized spacial score (nSPS) is 23.9. The Hall–Kier alpha value is -1.85. The number of para-hydroxylation sites is 1. The van der Waals surface area contributed by atoms with Crippen LogP contribution in [0, 0.1) is 11.8 Å². The quantitative estimate of drug-likeness (QED) is 0.785. The maximum Gasteiger partial charge on any atom is 0.246 e. The highest BCUT2D eigenvalue weighted by Gasteiger charge is 2.42. The molecule has 0 unspecified atom stereocenters. The number of methoxy groups -OCH3 is 2. The van der Waals surface area contributed by atoms with E-state index in [9.17, 15) is 4.79 Å². The molecule has 1 N–H and O–H groups in total. The van der Waals surface area contributed by atoms with E-state index < -0.39 is 0 Å². The topological polar surface area (TPSA) is 50.8 Å². The molecule has 1 saturated heterocycles. The lowest BCUT2D eigenvalue weighted by Gasteiger charge is -2.19. The molecule has 0 spiro atoms. The molecular formula is C20H28N2O3. The van der Waals surface area contributed by atoms with Crippen LogP contribution in [0.5, 0.6) is 5.75 Å². The molecule has 1 aromatic rings. The van der Waals surface area contributed by atoms with Gasteiger partial charge >= 0.3 is 0 Å². The molecule has 25 heavy (non-hydrogen) atoms. The van der Waals surface area contributed by atoms with Gasteiger partial charge in [-0.3, -0.25) is 9.69 Å². The maximum absolute atomic E-state index is 11.9. The van der Waals surface area contributed by atoms with E-state index >= 15 is 0 Å². The molecule has 1 aromatic carbocycles. The highest BCUT2D eigenvalue weighted by molar-refractivity contribution is 5.77. The fourth-order valence-electron chi connectivity index (χ4n) is 3.73. The summed E-state index contributed by atoms with van der Waals surface area (Å²) in [6, 6.07) is 8.27. The number of benzene rings is 1. The van der Waals surface area contributed by atoms with Crippen LogP contribution in [-0.4, -0.2) is 57.3 Å². The molecule has 0 radical (unpaired) electrons. The maximum atomic E-state index is 11.9. The third-order valence-corrected chi connectivity index (χ3v) is 5.09. The smallest absolute Gasteiger partial charge is 0.246 e. The Kier molecular flexibility index (Phi) is 6.10. The molecule has 2 fully saturated rings. The molecule has 1 heterocycles. The van der Waals surface area contributed by atoms with Gasteiger partial charge in [-0.15, -0.1) is 0 Å². The van der Waals surface area contributed by atoms with Crippen molar-refractivity contribution in [1.29, 1.82) is 0 Å². The SMILES string of the molecule is COCC(=O)N[C@@H]1CN(C/C=C/c2ccccc2OC)C[C@H]1C1CC1. The van der Waals surface area contributed by atoms with Crippen LogP contribution < -0.4 is 10.1 Å². The van der Waals surface area contributed by atoms with Gasteiger partial charge in [-0.25, -0.2) is 0 Å². The Morgan fingerprint density at radius 3 is 2.80 bits per heavy atom. The molecule has 5 nitrogen and oxygen atoms in total. The third-order valence-electron chi connectivity index (χ3n) is 5.09. The first-order chi connectivity index (χ1) is 12.2. The van der Waals surface area contributed by atoms with E-state index in [0.29, 0.717) is 5.92 Å². The first-order valence-electron chi connectivity index (χ1n) is 9.01. The van der Waals surface area contributed by atoms with Crippen molar-refractivity contribution in [3.8, 4) is 5.75 Å². The molecule has 2 atom stereocenters. The van der Waals surface area contributed by atoms with Crippen LogP contribution in [0.2, 0.25) is 0 Å². The number of ether oxygens (including phenoxy) is 2. The van der Waals surface area contributed by atoms with Crippen molar-refractivity contribution >= 4 is 12.0 Å². The van der Waals surface area contributed by atoms with Crippen LogP contribution in [0.4, 0.5) is 0 Å². The highest BCUT2D eigenvalue weighted by atomic mass is 16.5. The van der Waals surface area contributed by atoms with Crippen LogP contribution in [0.1, 0.15) is 18.4 Å². The van der Waals surface area contributed by atoms with Crippen molar-refractivity contribution in [2.24, 2.45) is 11.8 Å². The Morgan fingerprint density at radius 2 is 2.08 bits per heavy atom. The van der Waals surface area contributed by atoms with Crippen molar-refractivity contribution in [3.63, 3.8) is 0 Å². The van der Waals surface area contributed by atoms with E-state index in [4.69, 9.17) is 9.47 Å². The lowest BCUT2D eigenvalue weighted by atomic mass is 9.98. The molecule has 1 aliphatic carbocycles. The van der Waals surface area contributed by atoms with E-state index in [-0.39, 0.29) is 18.6 Å². The molecular weight excluding hydrogens is 316 g/mol. The van der Waals surface area contributed by atoms with Crippen molar-refractivity contribution in [1.82, 2.24) is 10.2 Å². The largest absolute Gasteiger partial charge is 0.496 e. The molecule has 0 bridgehead atoms. The van der Waals surface area contributed by atoms with Crippen molar-refractivity contribution in [3.05, 3.63) is 35.9 Å². The Bertz CT molecular complexity index is 613. The summed E-state index contributed by atoms with van der Waals surface area (Å²) in [7, 11) is 3.25. The summed E-state index contributed by atoms with van der Waals surface area (Å²) in [6.07, 6.45) is 6.89. The van der Waals surface area contributed by atoms with E-state index in [1.165, 1.54) is 12.8 Å². The number of nitrogens with zero attached hydrogens (tertiary/aromatic N) is 1. The number of hydrogen-bond acceptors (Lipinski definition) is 4. The Balaban J connectivity index is 1.56. The van der Waals surface area contributed by atoms with Crippen molar-refractivity contribution < 1.29 is 14.3 Å². The van der Waals surface area contributed by atoms with E-state index in [1.54, 1.807) is 14.2 Å². The number of nitrogens with one attached hydrogen (secondary N) is 1. The molecule has 1 saturated carbocycles. The van der Waals surface area contributed by atoms with Crippen LogP contribution >= 0.6 is 0 Å². The molecule has 1 aliphatic heterocycles. The van der Waals surface area contributed by atoms with E-state index in [1.807, 2.05) is 18.2 Å². The van der Waals surface area contributed by atoms with Gasteiger partial charge in [0.1, 0.15) is 12.4 Å². The average Bonchev–Trinajstić information content (AvgIpc) is 3.38. The van der Waals surface area contributed by atoms with Gasteiger partial charge in [0.25, 0.3) is 0 Å². The molecule has 136 valence electrons. The molecule has 0 aromatic heterocycles. The van der Waals surface area contributed by atoms with Crippen molar-refractivity contribution in [2.75, 3.05) is 40.5 Å². The zero-order valence-electron chi connectivity index (χ0n) is 15.1. The summed E-state index contributed by atoms with van der Waals surface area (Å²) in [4.78, 5) is 14.3. The second-order valence-electron chi connectivity index (χ2n) is 6.97. The van der Waals surface area contributed by atoms with Crippen LogP contribution in [0.15, 0.2) is 30.3 Å². The minimum atomic E-state index is -0.00966. The van der Waals surface area contributed by atoms with Gasteiger partial charge in [0, 0.05) is 38.3 Å². The predicted molar refractivity (Wildman–Crippen MR) is 98.5 cm³/mol. The first-order valence-corrected chi connectivity index (χ1v) is 9.01. The number of carbonyl (C=O) groups is 1. The summed E-state index contributed by atoms with van der Waals surface area (Å²) in [5, 5.41) is 3.16. The third kappa shape index (κ3) is 4.83. The minimum absolute atomic E-state index is 0.00966. The summed E-state index contributed by atoms with van der Waals surface area (Å²) in [6.45, 7) is 2.99. The number of hydrogen-bond donors (Lipinski definition) is 1. The molecule has 1 amide bonds. The molecule has 2 aliphatic rings. The molecule has 3 rings (SSSR count). The van der Waals surface area contributed by atoms with Gasteiger partial charge in [-0.1, -0.05) is 30.4 Å². The minimum Gasteiger partial charge on any atom is -0.496 e. The van der Waals surface area contributed by atoms with Crippen LogP contribution in [0.25, 0.3) is 6.08 Å². The monoisotopic (exact) mass is 344 g/mol. The highest BCUT2D eigenvalue weighted by Crippen LogP contribution is 2.41. The van der Waals surface area contributed by atoms with Crippen LogP contribution in [0.3, 0.4) is 0 Å². The second kappa shape index (κ2) is 8.50. The number of carbonyl (C=O) groups excluding carboxylic acids is 1. The molecule has 5 heteroatoms. The number of amides is 1. The van der Waals surface area contributed by atoms with Crippen molar-refractivity contribution in [2.45, 2.75) is 18.9 Å². The summed E-state index contributed by atoms with van der Waals surface area (Å²) >= 11 is 0. The first kappa shape index (κ1) is 18.0. The average molecular weight is 344 g/mol. The van der Waals surface area contributed by atoms with Crippen LogP contribution in [-0.2, 0) is 9.53 Å². The zero-order chi connectivity index (χ0) is 17.6. The van der Waals surface area contributed by atoms with Gasteiger partial charge < -0.3 is 14.8 Å². The fourth-order valence-corrected chi connectivity index (χ4v) is 3.73. The Morgan fingerprint density at radius 1 is 1.28 bits per heavy atom.